The van der Waals surface area contributed by atoms with Crippen LogP contribution < -0.4 is 14.2 Å². The van der Waals surface area contributed by atoms with E-state index in [1.165, 1.54) is 45.4 Å². The van der Waals surface area contributed by atoms with Gasteiger partial charge in [0.05, 0.1) is 38.6 Å². The number of ether oxygens (including phenoxy) is 3. The third kappa shape index (κ3) is 3.87. The van der Waals surface area contributed by atoms with Gasteiger partial charge in [0.1, 0.15) is 0 Å². The molecule has 0 fully saturated rings. The maximum atomic E-state index is 12.2. The van der Waals surface area contributed by atoms with Gasteiger partial charge in [0.15, 0.2) is 11.5 Å². The summed E-state index contributed by atoms with van der Waals surface area (Å²) >= 11 is 0. The van der Waals surface area contributed by atoms with Crippen LogP contribution in [0.1, 0.15) is 40.9 Å². The number of amides is 1. The van der Waals surface area contributed by atoms with Crippen molar-refractivity contribution in [2.75, 3.05) is 21.3 Å². The number of carboxylic acids is 1. The molecule has 152 valence electrons. The molecule has 3 rings (SSSR count). The second-order valence-corrected chi connectivity index (χ2v) is 6.47. The van der Waals surface area contributed by atoms with E-state index in [4.69, 9.17) is 19.3 Å². The predicted molar refractivity (Wildman–Crippen MR) is 106 cm³/mol. The van der Waals surface area contributed by atoms with Gasteiger partial charge in [0, 0.05) is 18.9 Å². The van der Waals surface area contributed by atoms with Crippen LogP contribution >= 0.6 is 0 Å². The lowest BCUT2D eigenvalue weighted by Gasteiger charge is -2.20. The van der Waals surface area contributed by atoms with Crippen molar-refractivity contribution in [3.63, 3.8) is 0 Å². The third-order valence-electron chi connectivity index (χ3n) is 4.77. The van der Waals surface area contributed by atoms with Crippen molar-refractivity contribution in [3.05, 3.63) is 53.1 Å². The number of nitrogens with zero attached hydrogens (tertiary/aromatic N) is 2. The molecule has 0 bridgehead atoms. The van der Waals surface area contributed by atoms with E-state index in [9.17, 15) is 9.59 Å². The molecular formula is C21H22N2O6. The second-order valence-electron chi connectivity index (χ2n) is 6.47. The lowest BCUT2D eigenvalue weighted by molar-refractivity contribution is -0.130. The first-order chi connectivity index (χ1) is 13.9. The monoisotopic (exact) mass is 398 g/mol. The molecule has 0 aliphatic carbocycles. The van der Waals surface area contributed by atoms with E-state index < -0.39 is 5.97 Å². The highest BCUT2D eigenvalue weighted by molar-refractivity contribution is 6.04. The standard InChI is InChI=1S/C21H22N2O6/c1-12(24)23-17(13-5-7-14(8-6-13)21(25)26)11-16(22-23)15-9-18(27-2)20(29-4)19(10-15)28-3/h5-10,17H,11H2,1-4H3,(H,25,26). The Morgan fingerprint density at radius 3 is 2.07 bits per heavy atom. The van der Waals surface area contributed by atoms with Crippen molar-refractivity contribution in [1.29, 1.82) is 0 Å². The Morgan fingerprint density at radius 2 is 1.62 bits per heavy atom. The zero-order valence-corrected chi connectivity index (χ0v) is 16.6. The number of carbonyl (C=O) groups is 2. The Labute approximate surface area is 168 Å². The molecule has 1 atom stereocenters. The van der Waals surface area contributed by atoms with Crippen molar-refractivity contribution >= 4 is 17.6 Å². The smallest absolute Gasteiger partial charge is 0.335 e. The van der Waals surface area contributed by atoms with Crippen LogP contribution in [0.15, 0.2) is 41.5 Å². The minimum atomic E-state index is -0.999. The molecule has 1 aliphatic rings. The Hall–Kier alpha value is -3.55. The number of aromatic carboxylic acids is 1. The van der Waals surface area contributed by atoms with Gasteiger partial charge < -0.3 is 19.3 Å². The Morgan fingerprint density at radius 1 is 1.03 bits per heavy atom. The van der Waals surface area contributed by atoms with Crippen LogP contribution in [0.25, 0.3) is 0 Å². The van der Waals surface area contributed by atoms with Crippen molar-refractivity contribution < 1.29 is 28.9 Å². The maximum Gasteiger partial charge on any atom is 0.335 e. The molecule has 8 heteroatoms. The topological polar surface area (TPSA) is 97.7 Å². The van der Waals surface area contributed by atoms with E-state index in [1.54, 1.807) is 24.3 Å². The first-order valence-electron chi connectivity index (χ1n) is 8.90. The number of hydrogen-bond acceptors (Lipinski definition) is 6. The number of carboxylic acid groups (broad SMARTS) is 1. The summed E-state index contributed by atoms with van der Waals surface area (Å²) in [5.41, 5.74) is 2.42. The van der Waals surface area contributed by atoms with Gasteiger partial charge in [-0.1, -0.05) is 12.1 Å². The molecule has 1 amide bonds. The van der Waals surface area contributed by atoms with Gasteiger partial charge in [-0.15, -0.1) is 0 Å². The summed E-state index contributed by atoms with van der Waals surface area (Å²) in [5.74, 6) is 0.253. The lowest BCUT2D eigenvalue weighted by atomic mass is 9.97. The number of benzene rings is 2. The van der Waals surface area contributed by atoms with E-state index in [0.29, 0.717) is 29.4 Å². The molecule has 0 radical (unpaired) electrons. The average Bonchev–Trinajstić information content (AvgIpc) is 3.18. The van der Waals surface area contributed by atoms with Gasteiger partial charge in [0.2, 0.25) is 11.7 Å². The number of hydrazone groups is 1. The van der Waals surface area contributed by atoms with E-state index in [1.807, 2.05) is 0 Å². The van der Waals surface area contributed by atoms with Crippen LogP contribution in [0.2, 0.25) is 0 Å². The molecule has 2 aromatic carbocycles. The molecule has 1 unspecified atom stereocenters. The number of carbonyl (C=O) groups excluding carboxylic acids is 1. The summed E-state index contributed by atoms with van der Waals surface area (Å²) in [5, 5.41) is 15.0. The van der Waals surface area contributed by atoms with E-state index in [-0.39, 0.29) is 17.5 Å². The summed E-state index contributed by atoms with van der Waals surface area (Å²) in [4.78, 5) is 23.3. The first-order valence-corrected chi connectivity index (χ1v) is 8.90. The molecule has 0 saturated heterocycles. The van der Waals surface area contributed by atoms with Gasteiger partial charge in [-0.05, 0) is 29.8 Å². The highest BCUT2D eigenvalue weighted by Gasteiger charge is 2.32. The number of rotatable bonds is 6. The first kappa shape index (κ1) is 20.2. The van der Waals surface area contributed by atoms with Crippen LogP contribution in [0.4, 0.5) is 0 Å². The van der Waals surface area contributed by atoms with Crippen molar-refractivity contribution in [1.82, 2.24) is 5.01 Å². The summed E-state index contributed by atoms with van der Waals surface area (Å²) in [6.45, 7) is 1.44. The van der Waals surface area contributed by atoms with Gasteiger partial charge >= 0.3 is 5.97 Å². The summed E-state index contributed by atoms with van der Waals surface area (Å²) in [6.07, 6.45) is 0.463. The fraction of sp³-hybridized carbons (Fsp3) is 0.286. The normalized spacial score (nSPS) is 15.7. The zero-order chi connectivity index (χ0) is 21.1. The Bertz CT molecular complexity index is 943. The van der Waals surface area contributed by atoms with Gasteiger partial charge in [0.25, 0.3) is 0 Å². The molecular weight excluding hydrogens is 376 g/mol. The highest BCUT2D eigenvalue weighted by atomic mass is 16.5. The van der Waals surface area contributed by atoms with Crippen molar-refractivity contribution in [2.45, 2.75) is 19.4 Å². The molecule has 1 heterocycles. The van der Waals surface area contributed by atoms with Crippen LogP contribution in [-0.4, -0.2) is 49.0 Å². The van der Waals surface area contributed by atoms with Gasteiger partial charge in [-0.2, -0.15) is 5.10 Å². The minimum Gasteiger partial charge on any atom is -0.493 e. The summed E-state index contributed by atoms with van der Waals surface area (Å²) in [6, 6.07) is 9.70. The quantitative estimate of drug-likeness (QED) is 0.803. The Kier molecular flexibility index (Phi) is 5.72. The van der Waals surface area contributed by atoms with E-state index >= 15 is 0 Å². The lowest BCUT2D eigenvalue weighted by Crippen LogP contribution is -2.24. The van der Waals surface area contributed by atoms with E-state index in [0.717, 1.165) is 11.1 Å². The third-order valence-corrected chi connectivity index (χ3v) is 4.77. The van der Waals surface area contributed by atoms with Gasteiger partial charge in [-0.3, -0.25) is 4.79 Å². The van der Waals surface area contributed by atoms with Crippen LogP contribution in [0.5, 0.6) is 17.2 Å². The second kappa shape index (κ2) is 8.22. The maximum absolute atomic E-state index is 12.2. The van der Waals surface area contributed by atoms with Crippen LogP contribution in [0, 0.1) is 0 Å². The van der Waals surface area contributed by atoms with E-state index in [2.05, 4.69) is 5.10 Å². The Balaban J connectivity index is 1.98. The number of methoxy groups -OCH3 is 3. The molecule has 1 aliphatic heterocycles. The highest BCUT2D eigenvalue weighted by Crippen LogP contribution is 2.40. The number of hydrogen-bond donors (Lipinski definition) is 1. The molecule has 0 aromatic heterocycles. The molecule has 8 nitrogen and oxygen atoms in total. The molecule has 29 heavy (non-hydrogen) atoms. The molecule has 2 aromatic rings. The average molecular weight is 398 g/mol. The minimum absolute atomic E-state index is 0.187. The molecule has 0 spiro atoms. The van der Waals surface area contributed by atoms with Crippen molar-refractivity contribution in [3.8, 4) is 17.2 Å². The fourth-order valence-electron chi connectivity index (χ4n) is 3.33. The predicted octanol–water partition coefficient (Wildman–Crippen LogP) is 3.11. The molecule has 0 saturated carbocycles. The van der Waals surface area contributed by atoms with Crippen LogP contribution in [0.3, 0.4) is 0 Å². The van der Waals surface area contributed by atoms with Crippen molar-refractivity contribution in [2.24, 2.45) is 5.10 Å². The van der Waals surface area contributed by atoms with Crippen LogP contribution in [-0.2, 0) is 4.79 Å². The summed E-state index contributed by atoms with van der Waals surface area (Å²) in [7, 11) is 4.60. The fourth-order valence-corrected chi connectivity index (χ4v) is 3.33. The largest absolute Gasteiger partial charge is 0.493 e. The SMILES string of the molecule is COc1cc(C2=NN(C(C)=O)C(c3ccc(C(=O)O)cc3)C2)cc(OC)c1OC. The van der Waals surface area contributed by atoms with Gasteiger partial charge in [-0.25, -0.2) is 9.80 Å². The zero-order valence-electron chi connectivity index (χ0n) is 16.6. The molecule has 1 N–H and O–H groups in total. The summed E-state index contributed by atoms with van der Waals surface area (Å²) < 4.78 is 16.2.